The largest absolute Gasteiger partial charge is 0.298 e. The second-order valence-corrected chi connectivity index (χ2v) is 4.50. The third kappa shape index (κ3) is 3.48. The van der Waals surface area contributed by atoms with Gasteiger partial charge < -0.3 is 0 Å². The molecule has 0 saturated carbocycles. The highest BCUT2D eigenvalue weighted by molar-refractivity contribution is 5.34. The summed E-state index contributed by atoms with van der Waals surface area (Å²) in [7, 11) is 2.13. The Labute approximate surface area is 109 Å². The highest BCUT2D eigenvalue weighted by Crippen LogP contribution is 2.09. The lowest BCUT2D eigenvalue weighted by atomic mass is 10.1. The zero-order valence-electron chi connectivity index (χ0n) is 10.6. The summed E-state index contributed by atoms with van der Waals surface area (Å²) < 4.78 is 0. The molecule has 0 aliphatic carbocycles. The zero-order chi connectivity index (χ0) is 12.8. The van der Waals surface area contributed by atoms with Crippen LogP contribution in [0.4, 0.5) is 0 Å². The van der Waals surface area contributed by atoms with Gasteiger partial charge in [-0.05, 0) is 30.3 Å². The molecule has 1 nitrogen and oxygen atoms in total. The van der Waals surface area contributed by atoms with Crippen LogP contribution < -0.4 is 0 Å². The standard InChI is InChI=1S/C17H17N/c1-3-15-9-11-17(12-10-15)14-18(2)13-16-7-5-4-6-8-16/h1,4-12H,13-14H2,2H3. The van der Waals surface area contributed by atoms with Crippen LogP contribution in [-0.4, -0.2) is 11.9 Å². The van der Waals surface area contributed by atoms with Gasteiger partial charge in [-0.1, -0.05) is 48.4 Å². The highest BCUT2D eigenvalue weighted by atomic mass is 15.1. The van der Waals surface area contributed by atoms with Crippen LogP contribution in [0.1, 0.15) is 16.7 Å². The topological polar surface area (TPSA) is 3.24 Å². The molecule has 0 fully saturated rings. The molecule has 1 heteroatoms. The van der Waals surface area contributed by atoms with Crippen molar-refractivity contribution in [3.63, 3.8) is 0 Å². The molecule has 2 aromatic rings. The van der Waals surface area contributed by atoms with E-state index in [1.54, 1.807) is 0 Å². The minimum Gasteiger partial charge on any atom is -0.298 e. The normalized spacial score (nSPS) is 10.3. The first-order valence-electron chi connectivity index (χ1n) is 6.06. The number of terminal acetylenes is 1. The monoisotopic (exact) mass is 235 g/mol. The van der Waals surface area contributed by atoms with Crippen molar-refractivity contribution >= 4 is 0 Å². The average Bonchev–Trinajstić information content (AvgIpc) is 2.40. The third-order valence-corrected chi connectivity index (χ3v) is 2.87. The lowest BCUT2D eigenvalue weighted by Gasteiger charge is -2.16. The molecule has 0 aromatic heterocycles. The maximum Gasteiger partial charge on any atom is 0.0242 e. The first-order valence-corrected chi connectivity index (χ1v) is 6.06. The predicted molar refractivity (Wildman–Crippen MR) is 76.0 cm³/mol. The number of nitrogens with zero attached hydrogens (tertiary/aromatic N) is 1. The molecule has 0 N–H and O–H groups in total. The van der Waals surface area contributed by atoms with E-state index in [4.69, 9.17) is 6.42 Å². The van der Waals surface area contributed by atoms with Crippen molar-refractivity contribution in [1.82, 2.24) is 4.90 Å². The maximum absolute atomic E-state index is 5.34. The van der Waals surface area contributed by atoms with Crippen LogP contribution in [0.15, 0.2) is 54.6 Å². The Morgan fingerprint density at radius 3 is 2.00 bits per heavy atom. The average molecular weight is 235 g/mol. The number of rotatable bonds is 4. The molecular weight excluding hydrogens is 218 g/mol. The third-order valence-electron chi connectivity index (χ3n) is 2.87. The molecule has 0 aliphatic heterocycles. The summed E-state index contributed by atoms with van der Waals surface area (Å²) in [5.41, 5.74) is 3.55. The van der Waals surface area contributed by atoms with E-state index in [0.717, 1.165) is 18.7 Å². The van der Waals surface area contributed by atoms with Gasteiger partial charge in [-0.2, -0.15) is 0 Å². The lowest BCUT2D eigenvalue weighted by Crippen LogP contribution is -2.17. The van der Waals surface area contributed by atoms with Crippen molar-refractivity contribution in [1.29, 1.82) is 0 Å². The van der Waals surface area contributed by atoms with Crippen LogP contribution in [0.5, 0.6) is 0 Å². The molecule has 0 bridgehead atoms. The van der Waals surface area contributed by atoms with Gasteiger partial charge in [-0.15, -0.1) is 6.42 Å². The van der Waals surface area contributed by atoms with Crippen LogP contribution in [0.3, 0.4) is 0 Å². The summed E-state index contributed by atoms with van der Waals surface area (Å²) >= 11 is 0. The van der Waals surface area contributed by atoms with Gasteiger partial charge in [0.25, 0.3) is 0 Å². The Morgan fingerprint density at radius 1 is 0.889 bits per heavy atom. The van der Waals surface area contributed by atoms with Crippen LogP contribution in [0, 0.1) is 12.3 Å². The van der Waals surface area contributed by atoms with Crippen molar-refractivity contribution in [3.8, 4) is 12.3 Å². The Bertz CT molecular complexity index is 520. The van der Waals surface area contributed by atoms with E-state index in [1.165, 1.54) is 11.1 Å². The Morgan fingerprint density at radius 2 is 1.44 bits per heavy atom. The number of hydrogen-bond acceptors (Lipinski definition) is 1. The summed E-state index contributed by atoms with van der Waals surface area (Å²) in [6, 6.07) is 18.7. The van der Waals surface area contributed by atoms with Gasteiger partial charge in [0.1, 0.15) is 0 Å². The molecular formula is C17H17N. The Hall–Kier alpha value is -2.04. The van der Waals surface area contributed by atoms with Gasteiger partial charge in [0.2, 0.25) is 0 Å². The van der Waals surface area contributed by atoms with Gasteiger partial charge in [0.05, 0.1) is 0 Å². The molecule has 0 radical (unpaired) electrons. The first kappa shape index (κ1) is 12.4. The summed E-state index contributed by atoms with van der Waals surface area (Å²) in [4.78, 5) is 2.29. The molecule has 0 atom stereocenters. The highest BCUT2D eigenvalue weighted by Gasteiger charge is 2.01. The molecule has 18 heavy (non-hydrogen) atoms. The quantitative estimate of drug-likeness (QED) is 0.735. The fourth-order valence-electron chi connectivity index (χ4n) is 1.97. The minimum atomic E-state index is 0.930. The van der Waals surface area contributed by atoms with E-state index in [9.17, 15) is 0 Å². The summed E-state index contributed by atoms with van der Waals surface area (Å²) in [6.07, 6.45) is 5.34. The molecule has 0 spiro atoms. The van der Waals surface area contributed by atoms with Gasteiger partial charge in [0.15, 0.2) is 0 Å². The summed E-state index contributed by atoms with van der Waals surface area (Å²) in [6.45, 7) is 1.89. The fourth-order valence-corrected chi connectivity index (χ4v) is 1.97. The van der Waals surface area contributed by atoms with E-state index in [-0.39, 0.29) is 0 Å². The van der Waals surface area contributed by atoms with Crippen molar-refractivity contribution < 1.29 is 0 Å². The van der Waals surface area contributed by atoms with Gasteiger partial charge >= 0.3 is 0 Å². The van der Waals surface area contributed by atoms with E-state index < -0.39 is 0 Å². The van der Waals surface area contributed by atoms with Crippen molar-refractivity contribution in [2.24, 2.45) is 0 Å². The van der Waals surface area contributed by atoms with Gasteiger partial charge in [-0.3, -0.25) is 4.90 Å². The van der Waals surface area contributed by atoms with Crippen LogP contribution in [0.25, 0.3) is 0 Å². The smallest absolute Gasteiger partial charge is 0.0242 e. The van der Waals surface area contributed by atoms with Crippen LogP contribution >= 0.6 is 0 Å². The van der Waals surface area contributed by atoms with E-state index >= 15 is 0 Å². The molecule has 0 aliphatic rings. The van der Waals surface area contributed by atoms with Crippen LogP contribution in [0.2, 0.25) is 0 Å². The molecule has 0 saturated heterocycles. The zero-order valence-corrected chi connectivity index (χ0v) is 10.6. The lowest BCUT2D eigenvalue weighted by molar-refractivity contribution is 0.319. The molecule has 2 rings (SSSR count). The molecule has 0 unspecified atom stereocenters. The van der Waals surface area contributed by atoms with E-state index in [1.807, 2.05) is 18.2 Å². The van der Waals surface area contributed by atoms with Crippen LogP contribution in [-0.2, 0) is 13.1 Å². The number of hydrogen-bond donors (Lipinski definition) is 0. The van der Waals surface area contributed by atoms with E-state index in [2.05, 4.69) is 54.3 Å². The summed E-state index contributed by atoms with van der Waals surface area (Å²) in [5, 5.41) is 0. The van der Waals surface area contributed by atoms with E-state index in [0.29, 0.717) is 0 Å². The number of benzene rings is 2. The molecule has 2 aromatic carbocycles. The second-order valence-electron chi connectivity index (χ2n) is 4.50. The predicted octanol–water partition coefficient (Wildman–Crippen LogP) is 3.30. The van der Waals surface area contributed by atoms with Crippen molar-refractivity contribution in [2.75, 3.05) is 7.05 Å². The fraction of sp³-hybridized carbons (Fsp3) is 0.176. The minimum absolute atomic E-state index is 0.930. The Kier molecular flexibility index (Phi) is 4.17. The second kappa shape index (κ2) is 6.05. The maximum atomic E-state index is 5.34. The SMILES string of the molecule is C#Cc1ccc(CN(C)Cc2ccccc2)cc1. The first-order chi connectivity index (χ1) is 8.78. The van der Waals surface area contributed by atoms with Crippen molar-refractivity contribution in [2.45, 2.75) is 13.1 Å². The molecule has 0 heterocycles. The Balaban J connectivity index is 1.95. The van der Waals surface area contributed by atoms with Crippen molar-refractivity contribution in [3.05, 3.63) is 71.3 Å². The van der Waals surface area contributed by atoms with Gasteiger partial charge in [0, 0.05) is 18.7 Å². The summed E-state index contributed by atoms with van der Waals surface area (Å²) in [5.74, 6) is 2.63. The van der Waals surface area contributed by atoms with Gasteiger partial charge in [-0.25, -0.2) is 0 Å². The molecule has 0 amide bonds. The molecule has 90 valence electrons.